The van der Waals surface area contributed by atoms with E-state index in [1.165, 1.54) is 18.2 Å². The second-order valence-corrected chi connectivity index (χ2v) is 6.76. The Bertz CT molecular complexity index is 892. The Morgan fingerprint density at radius 1 is 1.21 bits per heavy atom. The van der Waals surface area contributed by atoms with Crippen LogP contribution in [0.15, 0.2) is 36.4 Å². The predicted molar refractivity (Wildman–Crippen MR) is 101 cm³/mol. The molecular formula is C19H18ClF3N2O4. The number of ether oxygens (including phenoxy) is 3. The maximum absolute atomic E-state index is 12.5. The number of rotatable bonds is 6. The number of hydrogen-bond acceptors (Lipinski definition) is 5. The molecular weight excluding hydrogens is 413 g/mol. The summed E-state index contributed by atoms with van der Waals surface area (Å²) in [6, 6.07) is 8.91. The number of fused-ring (bicyclic) bond motifs is 1. The van der Waals surface area contributed by atoms with Gasteiger partial charge in [-0.25, -0.2) is 0 Å². The molecule has 0 atom stereocenters. The van der Waals surface area contributed by atoms with Gasteiger partial charge in [-0.1, -0.05) is 29.8 Å². The SMILES string of the molecule is CN(CC(=O)Nc1cc2c(cc1Cl)OCCO2)Cc1ccccc1OC(F)(F)F. The standard InChI is InChI=1S/C19H18ClF3N2O4/c1-25(10-12-4-2-3-5-15(12)29-19(21,22)23)11-18(26)24-14-9-17-16(8-13(14)20)27-6-7-28-17/h2-5,8-9H,6-7,10-11H2,1H3,(H,24,26). The highest BCUT2D eigenvalue weighted by Gasteiger charge is 2.32. The van der Waals surface area contributed by atoms with Crippen molar-refractivity contribution in [3.63, 3.8) is 0 Å². The average molecular weight is 431 g/mol. The van der Waals surface area contributed by atoms with Crippen LogP contribution in [-0.4, -0.2) is 44.0 Å². The van der Waals surface area contributed by atoms with E-state index < -0.39 is 6.36 Å². The topological polar surface area (TPSA) is 60.0 Å². The summed E-state index contributed by atoms with van der Waals surface area (Å²) in [5.41, 5.74) is 0.660. The Balaban J connectivity index is 1.62. The number of carbonyl (C=O) groups is 1. The number of carbonyl (C=O) groups excluding carboxylic acids is 1. The van der Waals surface area contributed by atoms with Crippen molar-refractivity contribution in [3.8, 4) is 17.2 Å². The van der Waals surface area contributed by atoms with Crippen LogP contribution in [0.3, 0.4) is 0 Å². The predicted octanol–water partition coefficient (Wildman–Crippen LogP) is 4.08. The van der Waals surface area contributed by atoms with Gasteiger partial charge in [0.1, 0.15) is 19.0 Å². The molecule has 2 aromatic rings. The summed E-state index contributed by atoms with van der Waals surface area (Å²) in [5, 5.41) is 2.96. The summed E-state index contributed by atoms with van der Waals surface area (Å²) >= 11 is 6.17. The maximum atomic E-state index is 12.5. The number of alkyl halides is 3. The monoisotopic (exact) mass is 430 g/mol. The van der Waals surface area contributed by atoms with E-state index in [9.17, 15) is 18.0 Å². The number of benzene rings is 2. The molecule has 1 N–H and O–H groups in total. The number of nitrogens with one attached hydrogen (secondary N) is 1. The van der Waals surface area contributed by atoms with Crippen LogP contribution in [0.5, 0.6) is 17.2 Å². The zero-order valence-corrected chi connectivity index (χ0v) is 16.1. The molecule has 0 aromatic heterocycles. The Labute approximate surface area is 170 Å². The highest BCUT2D eigenvalue weighted by molar-refractivity contribution is 6.34. The highest BCUT2D eigenvalue weighted by Crippen LogP contribution is 2.38. The molecule has 0 saturated heterocycles. The molecule has 1 aliphatic rings. The van der Waals surface area contributed by atoms with E-state index in [4.69, 9.17) is 21.1 Å². The van der Waals surface area contributed by atoms with Gasteiger partial charge in [-0.3, -0.25) is 9.69 Å². The summed E-state index contributed by atoms with van der Waals surface area (Å²) in [6.07, 6.45) is -4.79. The van der Waals surface area contributed by atoms with Crippen molar-refractivity contribution in [1.29, 1.82) is 0 Å². The number of anilines is 1. The van der Waals surface area contributed by atoms with E-state index in [1.54, 1.807) is 30.1 Å². The maximum Gasteiger partial charge on any atom is 0.573 e. The molecule has 6 nitrogen and oxygen atoms in total. The van der Waals surface area contributed by atoms with Crippen molar-refractivity contribution >= 4 is 23.2 Å². The third-order valence-electron chi connectivity index (χ3n) is 3.96. The van der Waals surface area contributed by atoms with Crippen molar-refractivity contribution < 1.29 is 32.2 Å². The van der Waals surface area contributed by atoms with Crippen LogP contribution in [0.1, 0.15) is 5.56 Å². The lowest BCUT2D eigenvalue weighted by Gasteiger charge is -2.21. The summed E-state index contributed by atoms with van der Waals surface area (Å²) in [7, 11) is 1.61. The third kappa shape index (κ3) is 5.91. The van der Waals surface area contributed by atoms with Crippen molar-refractivity contribution in [2.45, 2.75) is 12.9 Å². The Hall–Kier alpha value is -2.65. The lowest BCUT2D eigenvalue weighted by molar-refractivity contribution is -0.275. The second-order valence-electron chi connectivity index (χ2n) is 6.35. The Kier molecular flexibility index (Phi) is 6.39. The minimum absolute atomic E-state index is 0.0779. The second kappa shape index (κ2) is 8.79. The van der Waals surface area contributed by atoms with E-state index in [2.05, 4.69) is 10.1 Å². The van der Waals surface area contributed by atoms with Crippen molar-refractivity contribution in [2.24, 2.45) is 0 Å². The van der Waals surface area contributed by atoms with Gasteiger partial charge >= 0.3 is 6.36 Å². The van der Waals surface area contributed by atoms with Crippen LogP contribution < -0.4 is 19.5 Å². The first kappa shape index (κ1) is 21.1. The zero-order valence-electron chi connectivity index (χ0n) is 15.4. The number of hydrogen-bond donors (Lipinski definition) is 1. The Morgan fingerprint density at radius 3 is 2.55 bits per heavy atom. The van der Waals surface area contributed by atoms with Crippen LogP contribution in [0.25, 0.3) is 0 Å². The van der Waals surface area contributed by atoms with Crippen LogP contribution in [0.4, 0.5) is 18.9 Å². The number of para-hydroxylation sites is 1. The molecule has 0 fully saturated rings. The van der Waals surface area contributed by atoms with Crippen LogP contribution >= 0.6 is 11.6 Å². The highest BCUT2D eigenvalue weighted by atomic mass is 35.5. The number of likely N-dealkylation sites (N-methyl/N-ethyl adjacent to an activating group) is 1. The largest absolute Gasteiger partial charge is 0.573 e. The lowest BCUT2D eigenvalue weighted by atomic mass is 10.2. The molecule has 2 aromatic carbocycles. The summed E-state index contributed by atoms with van der Waals surface area (Å²) in [5.74, 6) is 0.280. The minimum atomic E-state index is -4.79. The van der Waals surface area contributed by atoms with Crippen LogP contribution in [0.2, 0.25) is 5.02 Å². The van der Waals surface area contributed by atoms with Gasteiger partial charge in [0.15, 0.2) is 11.5 Å². The van der Waals surface area contributed by atoms with Gasteiger partial charge in [0, 0.05) is 24.2 Å². The normalized spacial score (nSPS) is 13.3. The molecule has 0 bridgehead atoms. The molecule has 29 heavy (non-hydrogen) atoms. The van der Waals surface area contributed by atoms with Crippen molar-refractivity contribution in [2.75, 3.05) is 32.1 Å². The number of halogens is 4. The van der Waals surface area contributed by atoms with E-state index in [0.29, 0.717) is 36.0 Å². The Morgan fingerprint density at radius 2 is 1.86 bits per heavy atom. The first-order valence-corrected chi connectivity index (χ1v) is 9.00. The average Bonchev–Trinajstić information content (AvgIpc) is 2.62. The zero-order chi connectivity index (χ0) is 21.0. The molecule has 156 valence electrons. The van der Waals surface area contributed by atoms with Gasteiger partial charge in [0.25, 0.3) is 0 Å². The fourth-order valence-corrected chi connectivity index (χ4v) is 3.00. The van der Waals surface area contributed by atoms with Gasteiger partial charge in [-0.15, -0.1) is 13.2 Å². The van der Waals surface area contributed by atoms with E-state index in [0.717, 1.165) is 0 Å². The molecule has 0 aliphatic carbocycles. The summed E-state index contributed by atoms with van der Waals surface area (Å²) < 4.78 is 52.5. The fourth-order valence-electron chi connectivity index (χ4n) is 2.80. The van der Waals surface area contributed by atoms with E-state index >= 15 is 0 Å². The van der Waals surface area contributed by atoms with Crippen molar-refractivity contribution in [3.05, 3.63) is 47.0 Å². The summed E-state index contributed by atoms with van der Waals surface area (Å²) in [6.45, 7) is 0.809. The van der Waals surface area contributed by atoms with Gasteiger partial charge in [-0.05, 0) is 13.1 Å². The van der Waals surface area contributed by atoms with E-state index in [1.807, 2.05) is 0 Å². The first-order valence-electron chi connectivity index (χ1n) is 8.62. The lowest BCUT2D eigenvalue weighted by Crippen LogP contribution is -2.30. The molecule has 1 amide bonds. The van der Waals surface area contributed by atoms with Gasteiger partial charge in [-0.2, -0.15) is 0 Å². The third-order valence-corrected chi connectivity index (χ3v) is 4.27. The van der Waals surface area contributed by atoms with Gasteiger partial charge in [0.05, 0.1) is 17.3 Å². The van der Waals surface area contributed by atoms with Gasteiger partial charge < -0.3 is 19.5 Å². The molecule has 1 aliphatic heterocycles. The van der Waals surface area contributed by atoms with Crippen LogP contribution in [0, 0.1) is 0 Å². The molecule has 0 spiro atoms. The number of nitrogens with zero attached hydrogens (tertiary/aromatic N) is 1. The minimum Gasteiger partial charge on any atom is -0.486 e. The van der Waals surface area contributed by atoms with E-state index in [-0.39, 0.29) is 29.8 Å². The first-order chi connectivity index (χ1) is 13.7. The molecule has 1 heterocycles. The molecule has 10 heteroatoms. The van der Waals surface area contributed by atoms with Crippen LogP contribution in [-0.2, 0) is 11.3 Å². The number of amides is 1. The van der Waals surface area contributed by atoms with Gasteiger partial charge in [0.2, 0.25) is 5.91 Å². The molecule has 3 rings (SSSR count). The summed E-state index contributed by atoms with van der Waals surface area (Å²) in [4.78, 5) is 13.9. The fraction of sp³-hybridized carbons (Fsp3) is 0.316. The molecule has 0 radical (unpaired) electrons. The van der Waals surface area contributed by atoms with Crippen molar-refractivity contribution in [1.82, 2.24) is 4.90 Å². The smallest absolute Gasteiger partial charge is 0.486 e. The molecule has 0 unspecified atom stereocenters. The quantitative estimate of drug-likeness (QED) is 0.748. The molecule has 0 saturated carbocycles.